The molecule has 6 nitrogen and oxygen atoms in total. The largest absolute Gasteiger partial charge is 0.858 e. The number of hydrogen-bond acceptors (Lipinski definition) is 4. The highest BCUT2D eigenvalue weighted by Crippen LogP contribution is 2.38. The van der Waals surface area contributed by atoms with E-state index in [9.17, 15) is 15.2 Å². The fourth-order valence-corrected chi connectivity index (χ4v) is 3.92. The summed E-state index contributed by atoms with van der Waals surface area (Å²) in [6.45, 7) is 1.35. The van der Waals surface area contributed by atoms with Crippen LogP contribution < -0.4 is 10.7 Å². The van der Waals surface area contributed by atoms with Gasteiger partial charge in [-0.3, -0.25) is 9.48 Å². The molecule has 0 saturated carbocycles. The van der Waals surface area contributed by atoms with Crippen molar-refractivity contribution in [2.75, 3.05) is 20.1 Å². The molecule has 0 unspecified atom stereocenters. The molecule has 1 saturated heterocycles. The number of benzene rings is 2. The van der Waals surface area contributed by atoms with Crippen molar-refractivity contribution < 1.29 is 5.11 Å². The summed E-state index contributed by atoms with van der Waals surface area (Å²) >= 11 is 0. The second kappa shape index (κ2) is 7.02. The Morgan fingerprint density at radius 2 is 1.43 bits per heavy atom. The normalized spacial score (nSPS) is 16.6. The quantitative estimate of drug-likeness (QED) is 0.705. The average Bonchev–Trinajstić information content (AvgIpc) is 3.01. The summed E-state index contributed by atoms with van der Waals surface area (Å²) in [4.78, 5) is 15.6. The van der Waals surface area contributed by atoms with Crippen LogP contribution in [0, 0.1) is 11.3 Å². The molecule has 0 bridgehead atoms. The van der Waals surface area contributed by atoms with E-state index in [1.54, 1.807) is 24.3 Å². The maximum Gasteiger partial charge on any atom is 0.275 e. The van der Waals surface area contributed by atoms with Crippen molar-refractivity contribution in [1.29, 1.82) is 5.26 Å². The molecule has 0 amide bonds. The second-order valence-corrected chi connectivity index (χ2v) is 7.28. The molecule has 0 radical (unpaired) electrons. The van der Waals surface area contributed by atoms with Crippen molar-refractivity contribution in [3.8, 4) is 23.3 Å². The molecule has 28 heavy (non-hydrogen) atoms. The van der Waals surface area contributed by atoms with Crippen LogP contribution in [0.15, 0.2) is 65.5 Å². The SMILES string of the molecule is CN1CCC(C#N)(c2c([O-])n(-c3ccccc3)n(-c3ccccc3)c2=O)CC1. The average molecular weight is 373 g/mol. The van der Waals surface area contributed by atoms with E-state index in [-0.39, 0.29) is 5.56 Å². The summed E-state index contributed by atoms with van der Waals surface area (Å²) in [7, 11) is 1.98. The van der Waals surface area contributed by atoms with Crippen molar-refractivity contribution in [3.63, 3.8) is 0 Å². The van der Waals surface area contributed by atoms with Crippen LogP contribution in [0.4, 0.5) is 0 Å². The predicted molar refractivity (Wildman–Crippen MR) is 105 cm³/mol. The molecule has 1 aliphatic heterocycles. The molecule has 1 aromatic heterocycles. The summed E-state index contributed by atoms with van der Waals surface area (Å²) in [5, 5.41) is 23.5. The van der Waals surface area contributed by atoms with Gasteiger partial charge in [-0.25, -0.2) is 4.68 Å². The van der Waals surface area contributed by atoms with Gasteiger partial charge in [0.05, 0.1) is 28.4 Å². The zero-order valence-electron chi connectivity index (χ0n) is 15.7. The number of rotatable bonds is 3. The lowest BCUT2D eigenvalue weighted by Crippen LogP contribution is -2.42. The van der Waals surface area contributed by atoms with Crippen molar-refractivity contribution in [2.24, 2.45) is 0 Å². The molecule has 142 valence electrons. The van der Waals surface area contributed by atoms with E-state index in [4.69, 9.17) is 0 Å². The maximum atomic E-state index is 13.5. The van der Waals surface area contributed by atoms with Crippen LogP contribution in [-0.2, 0) is 5.41 Å². The predicted octanol–water partition coefficient (Wildman–Crippen LogP) is 2.19. The maximum absolute atomic E-state index is 13.5. The van der Waals surface area contributed by atoms with E-state index in [2.05, 4.69) is 11.0 Å². The molecule has 0 aliphatic carbocycles. The number of hydrogen-bond donors (Lipinski definition) is 0. The Bertz CT molecular complexity index is 1070. The van der Waals surface area contributed by atoms with Gasteiger partial charge in [0.15, 0.2) is 0 Å². The van der Waals surface area contributed by atoms with E-state index in [0.717, 1.165) is 0 Å². The lowest BCUT2D eigenvalue weighted by Gasteiger charge is -2.35. The molecule has 0 atom stereocenters. The number of nitriles is 1. The van der Waals surface area contributed by atoms with Gasteiger partial charge in [0.25, 0.3) is 5.56 Å². The summed E-state index contributed by atoms with van der Waals surface area (Å²) in [5.74, 6) is -0.411. The lowest BCUT2D eigenvalue weighted by molar-refractivity contribution is -0.279. The van der Waals surface area contributed by atoms with E-state index in [1.807, 2.05) is 43.4 Å². The van der Waals surface area contributed by atoms with E-state index in [0.29, 0.717) is 37.3 Å². The third kappa shape index (κ3) is 2.81. The Morgan fingerprint density at radius 1 is 0.929 bits per heavy atom. The number of piperidine rings is 1. The second-order valence-electron chi connectivity index (χ2n) is 7.28. The first-order chi connectivity index (χ1) is 13.6. The smallest absolute Gasteiger partial charge is 0.275 e. The van der Waals surface area contributed by atoms with Crippen LogP contribution in [0.25, 0.3) is 11.4 Å². The topological polar surface area (TPSA) is 77.0 Å². The molecule has 3 aromatic rings. The van der Waals surface area contributed by atoms with Crippen LogP contribution in [0.3, 0.4) is 0 Å². The third-order valence-corrected chi connectivity index (χ3v) is 5.55. The molecular weight excluding hydrogens is 352 g/mol. The third-order valence-electron chi connectivity index (χ3n) is 5.55. The highest BCUT2D eigenvalue weighted by Gasteiger charge is 2.40. The minimum absolute atomic E-state index is 0.0795. The van der Waals surface area contributed by atoms with E-state index in [1.165, 1.54) is 9.36 Å². The number of likely N-dealkylation sites (tertiary alicyclic amines) is 1. The van der Waals surface area contributed by atoms with Gasteiger partial charge < -0.3 is 10.0 Å². The zero-order valence-corrected chi connectivity index (χ0v) is 15.7. The van der Waals surface area contributed by atoms with Gasteiger partial charge in [-0.15, -0.1) is 0 Å². The van der Waals surface area contributed by atoms with E-state index >= 15 is 0 Å². The highest BCUT2D eigenvalue weighted by atomic mass is 16.3. The Kier molecular flexibility index (Phi) is 4.54. The van der Waals surface area contributed by atoms with Crippen LogP contribution in [0.5, 0.6) is 5.88 Å². The fourth-order valence-electron chi connectivity index (χ4n) is 3.92. The van der Waals surface area contributed by atoms with Crippen LogP contribution in [0.1, 0.15) is 18.4 Å². The van der Waals surface area contributed by atoms with Crippen molar-refractivity contribution in [2.45, 2.75) is 18.3 Å². The van der Waals surface area contributed by atoms with Gasteiger partial charge in [0, 0.05) is 0 Å². The van der Waals surface area contributed by atoms with Crippen LogP contribution in [-0.4, -0.2) is 34.4 Å². The lowest BCUT2D eigenvalue weighted by atomic mass is 9.75. The van der Waals surface area contributed by atoms with Crippen molar-refractivity contribution >= 4 is 0 Å². The van der Waals surface area contributed by atoms with Gasteiger partial charge in [-0.05, 0) is 63.1 Å². The minimum atomic E-state index is -1.06. The van der Waals surface area contributed by atoms with Crippen molar-refractivity contribution in [3.05, 3.63) is 76.6 Å². The molecule has 6 heteroatoms. The highest BCUT2D eigenvalue weighted by molar-refractivity contribution is 5.47. The molecule has 2 heterocycles. The summed E-state index contributed by atoms with van der Waals surface area (Å²) in [6.07, 6.45) is 0.941. The molecule has 1 fully saturated rings. The summed E-state index contributed by atoms with van der Waals surface area (Å²) < 4.78 is 2.79. The van der Waals surface area contributed by atoms with Crippen molar-refractivity contribution in [1.82, 2.24) is 14.3 Å². The zero-order chi connectivity index (χ0) is 19.7. The first kappa shape index (κ1) is 18.1. The Morgan fingerprint density at radius 3 is 1.93 bits per heavy atom. The molecular formula is C22H21N4O2-. The minimum Gasteiger partial charge on any atom is -0.858 e. The fraction of sp³-hybridized carbons (Fsp3) is 0.273. The van der Waals surface area contributed by atoms with Crippen LogP contribution in [0.2, 0.25) is 0 Å². The van der Waals surface area contributed by atoms with Gasteiger partial charge in [0.2, 0.25) is 0 Å². The Balaban J connectivity index is 2.01. The van der Waals surface area contributed by atoms with E-state index < -0.39 is 16.9 Å². The first-order valence-corrected chi connectivity index (χ1v) is 9.33. The Hall–Kier alpha value is -3.30. The number of nitrogens with zero attached hydrogens (tertiary/aromatic N) is 4. The number of aromatic nitrogens is 2. The monoisotopic (exact) mass is 373 g/mol. The van der Waals surface area contributed by atoms with Gasteiger partial charge in [-0.1, -0.05) is 36.4 Å². The summed E-state index contributed by atoms with van der Waals surface area (Å²) in [5.41, 5.74) is -0.194. The van der Waals surface area contributed by atoms with Crippen LogP contribution >= 0.6 is 0 Å². The van der Waals surface area contributed by atoms with Gasteiger partial charge in [-0.2, -0.15) is 5.26 Å². The molecule has 0 spiro atoms. The van der Waals surface area contributed by atoms with Gasteiger partial charge >= 0.3 is 0 Å². The first-order valence-electron chi connectivity index (χ1n) is 9.33. The molecule has 2 aromatic carbocycles. The molecule has 1 aliphatic rings. The summed E-state index contributed by atoms with van der Waals surface area (Å²) in [6, 6.07) is 20.5. The Labute approximate surface area is 163 Å². The molecule has 0 N–H and O–H groups in total. The standard InChI is InChI=1S/C22H22N4O2/c1-24-14-12-22(16-23,13-15-24)19-20(27)25(17-8-4-2-5-9-17)26(21(19)28)18-10-6-3-7-11-18/h2-11,27H,12-15H2,1H3/p-1. The number of para-hydroxylation sites is 2. The molecule has 4 rings (SSSR count). The van der Waals surface area contributed by atoms with Gasteiger partial charge in [0.1, 0.15) is 0 Å².